The molecule has 0 heterocycles. The number of hydrogen-bond acceptors (Lipinski definition) is 4. The summed E-state index contributed by atoms with van der Waals surface area (Å²) in [5.41, 5.74) is 0.669. The fourth-order valence-corrected chi connectivity index (χ4v) is 2.70. The highest BCUT2D eigenvalue weighted by atomic mass is 16.6. The minimum atomic E-state index is -0.353. The predicted molar refractivity (Wildman–Crippen MR) is 74.7 cm³/mol. The van der Waals surface area contributed by atoms with E-state index in [2.05, 4.69) is 12.2 Å². The molecule has 1 N–H and O–H groups in total. The van der Waals surface area contributed by atoms with Gasteiger partial charge in [-0.15, -0.1) is 0 Å². The van der Waals surface area contributed by atoms with Crippen LogP contribution in [0.2, 0.25) is 0 Å². The molecule has 19 heavy (non-hydrogen) atoms. The lowest BCUT2D eigenvalue weighted by molar-refractivity contribution is -0.384. The Bertz CT molecular complexity index is 462. The van der Waals surface area contributed by atoms with Gasteiger partial charge in [-0.25, -0.2) is 0 Å². The highest BCUT2D eigenvalue weighted by Crippen LogP contribution is 2.32. The molecule has 1 aliphatic rings. The topological polar surface area (TPSA) is 64.4 Å². The van der Waals surface area contributed by atoms with Crippen LogP contribution >= 0.6 is 0 Å². The molecular weight excluding hydrogens is 244 g/mol. The molecule has 0 radical (unpaired) electrons. The van der Waals surface area contributed by atoms with Crippen molar-refractivity contribution in [2.24, 2.45) is 5.92 Å². The van der Waals surface area contributed by atoms with Gasteiger partial charge in [0.2, 0.25) is 0 Å². The fraction of sp³-hybridized carbons (Fsp3) is 0.571. The molecule has 1 saturated carbocycles. The number of nitrogens with one attached hydrogen (secondary N) is 1. The molecule has 2 atom stereocenters. The molecular formula is C14H20N2O3. The van der Waals surface area contributed by atoms with Gasteiger partial charge in [0.15, 0.2) is 0 Å². The zero-order valence-electron chi connectivity index (χ0n) is 11.4. The SMILES string of the molecule is COc1ccc([N+](=O)[O-])c(NC2CCCC(C)C2)c1. The van der Waals surface area contributed by atoms with Crippen LogP contribution in [0.4, 0.5) is 11.4 Å². The Morgan fingerprint density at radius 3 is 2.84 bits per heavy atom. The van der Waals surface area contributed by atoms with Crippen molar-refractivity contribution in [2.75, 3.05) is 12.4 Å². The maximum atomic E-state index is 11.1. The first-order valence-corrected chi connectivity index (χ1v) is 6.69. The van der Waals surface area contributed by atoms with Crippen LogP contribution in [0.25, 0.3) is 0 Å². The molecule has 2 unspecified atom stereocenters. The van der Waals surface area contributed by atoms with Gasteiger partial charge >= 0.3 is 0 Å². The highest BCUT2D eigenvalue weighted by molar-refractivity contribution is 5.64. The molecule has 0 aliphatic heterocycles. The van der Waals surface area contributed by atoms with Gasteiger partial charge in [0.25, 0.3) is 5.69 Å². The van der Waals surface area contributed by atoms with Crippen molar-refractivity contribution in [3.8, 4) is 5.75 Å². The summed E-state index contributed by atoms with van der Waals surface area (Å²) in [6.45, 7) is 2.23. The standard InChI is InChI=1S/C14H20N2O3/c1-10-4-3-5-11(8-10)15-13-9-12(19-2)6-7-14(13)16(17)18/h6-7,9-11,15H,3-5,8H2,1-2H3. The van der Waals surface area contributed by atoms with Gasteiger partial charge in [-0.05, 0) is 24.8 Å². The monoisotopic (exact) mass is 264 g/mol. The summed E-state index contributed by atoms with van der Waals surface area (Å²) in [5, 5.41) is 14.4. The molecule has 0 aromatic heterocycles. The second-order valence-electron chi connectivity index (χ2n) is 5.25. The van der Waals surface area contributed by atoms with Crippen molar-refractivity contribution in [1.82, 2.24) is 0 Å². The summed E-state index contributed by atoms with van der Waals surface area (Å²) < 4.78 is 5.14. The van der Waals surface area contributed by atoms with Crippen LogP contribution in [0.1, 0.15) is 32.6 Å². The van der Waals surface area contributed by atoms with Crippen LogP contribution in [0, 0.1) is 16.0 Å². The Balaban J connectivity index is 2.19. The summed E-state index contributed by atoms with van der Waals surface area (Å²) in [6, 6.07) is 5.13. The average molecular weight is 264 g/mol. The third-order valence-electron chi connectivity index (χ3n) is 3.70. The second-order valence-corrected chi connectivity index (χ2v) is 5.25. The Morgan fingerprint density at radius 2 is 2.21 bits per heavy atom. The zero-order valence-corrected chi connectivity index (χ0v) is 11.4. The van der Waals surface area contributed by atoms with E-state index in [0.717, 1.165) is 12.8 Å². The van der Waals surface area contributed by atoms with Crippen molar-refractivity contribution < 1.29 is 9.66 Å². The van der Waals surface area contributed by atoms with Gasteiger partial charge in [-0.1, -0.05) is 19.8 Å². The van der Waals surface area contributed by atoms with Gasteiger partial charge in [-0.3, -0.25) is 10.1 Å². The molecule has 1 aromatic rings. The number of methoxy groups -OCH3 is 1. The minimum absolute atomic E-state index is 0.110. The number of nitrogens with zero attached hydrogens (tertiary/aromatic N) is 1. The summed E-state index contributed by atoms with van der Waals surface area (Å²) in [5.74, 6) is 1.31. The smallest absolute Gasteiger partial charge is 0.292 e. The molecule has 0 spiro atoms. The van der Waals surface area contributed by atoms with Crippen LogP contribution in [0.15, 0.2) is 18.2 Å². The third kappa shape index (κ3) is 3.36. The van der Waals surface area contributed by atoms with Crippen molar-refractivity contribution in [2.45, 2.75) is 38.6 Å². The molecule has 0 amide bonds. The van der Waals surface area contributed by atoms with E-state index in [1.807, 2.05) is 0 Å². The van der Waals surface area contributed by atoms with Crippen LogP contribution in [-0.2, 0) is 0 Å². The summed E-state index contributed by atoms with van der Waals surface area (Å²) in [7, 11) is 1.56. The number of benzene rings is 1. The molecule has 0 saturated heterocycles. The van der Waals surface area contributed by atoms with Gasteiger partial charge < -0.3 is 10.1 Å². The molecule has 2 rings (SSSR count). The molecule has 104 valence electrons. The Morgan fingerprint density at radius 1 is 1.42 bits per heavy atom. The maximum absolute atomic E-state index is 11.1. The van der Waals surface area contributed by atoms with Crippen LogP contribution in [0.5, 0.6) is 5.75 Å². The van der Waals surface area contributed by atoms with Crippen molar-refractivity contribution in [3.63, 3.8) is 0 Å². The van der Waals surface area contributed by atoms with Gasteiger partial charge in [-0.2, -0.15) is 0 Å². The molecule has 1 fully saturated rings. The first kappa shape index (κ1) is 13.6. The van der Waals surface area contributed by atoms with E-state index in [-0.39, 0.29) is 10.6 Å². The number of nitro groups is 1. The second kappa shape index (κ2) is 5.91. The lowest BCUT2D eigenvalue weighted by Gasteiger charge is -2.28. The first-order chi connectivity index (χ1) is 9.10. The lowest BCUT2D eigenvalue weighted by atomic mass is 9.87. The summed E-state index contributed by atoms with van der Waals surface area (Å²) in [4.78, 5) is 10.7. The van der Waals surface area contributed by atoms with E-state index in [0.29, 0.717) is 23.4 Å². The Kier molecular flexibility index (Phi) is 4.24. The lowest BCUT2D eigenvalue weighted by Crippen LogP contribution is -2.26. The maximum Gasteiger partial charge on any atom is 0.292 e. The number of rotatable bonds is 4. The van der Waals surface area contributed by atoms with Crippen molar-refractivity contribution >= 4 is 11.4 Å². The third-order valence-corrected chi connectivity index (χ3v) is 3.70. The highest BCUT2D eigenvalue weighted by Gasteiger charge is 2.22. The van der Waals surface area contributed by atoms with Gasteiger partial charge in [0, 0.05) is 18.2 Å². The first-order valence-electron chi connectivity index (χ1n) is 6.69. The number of anilines is 1. The Labute approximate surface area is 113 Å². The van der Waals surface area contributed by atoms with E-state index in [9.17, 15) is 10.1 Å². The average Bonchev–Trinajstić information content (AvgIpc) is 2.38. The van der Waals surface area contributed by atoms with E-state index in [1.54, 1.807) is 19.2 Å². The normalized spacial score (nSPS) is 22.8. The number of hydrogen-bond donors (Lipinski definition) is 1. The Hall–Kier alpha value is -1.78. The largest absolute Gasteiger partial charge is 0.497 e. The molecule has 5 nitrogen and oxygen atoms in total. The summed E-state index contributed by atoms with van der Waals surface area (Å²) in [6.07, 6.45) is 4.56. The molecule has 1 aliphatic carbocycles. The fourth-order valence-electron chi connectivity index (χ4n) is 2.70. The minimum Gasteiger partial charge on any atom is -0.497 e. The zero-order chi connectivity index (χ0) is 13.8. The van der Waals surface area contributed by atoms with E-state index < -0.39 is 0 Å². The van der Waals surface area contributed by atoms with E-state index >= 15 is 0 Å². The quantitative estimate of drug-likeness (QED) is 0.666. The predicted octanol–water partition coefficient (Wildman–Crippen LogP) is 3.59. The summed E-state index contributed by atoms with van der Waals surface area (Å²) >= 11 is 0. The van der Waals surface area contributed by atoms with Crippen LogP contribution < -0.4 is 10.1 Å². The molecule has 0 bridgehead atoms. The molecule has 5 heteroatoms. The van der Waals surface area contributed by atoms with E-state index in [1.165, 1.54) is 18.9 Å². The van der Waals surface area contributed by atoms with Crippen molar-refractivity contribution in [3.05, 3.63) is 28.3 Å². The van der Waals surface area contributed by atoms with Gasteiger partial charge in [0.1, 0.15) is 11.4 Å². The van der Waals surface area contributed by atoms with E-state index in [4.69, 9.17) is 4.74 Å². The van der Waals surface area contributed by atoms with Gasteiger partial charge in [0.05, 0.1) is 12.0 Å². The van der Waals surface area contributed by atoms with Crippen LogP contribution in [0.3, 0.4) is 0 Å². The number of ether oxygens (including phenoxy) is 1. The molecule has 1 aromatic carbocycles. The number of nitro benzene ring substituents is 1. The van der Waals surface area contributed by atoms with Crippen molar-refractivity contribution in [1.29, 1.82) is 0 Å². The van der Waals surface area contributed by atoms with Crippen LogP contribution in [-0.4, -0.2) is 18.1 Å².